The Labute approximate surface area is 124 Å². The molecule has 110 valence electrons. The molecule has 2 amide bonds. The van der Waals surface area contributed by atoms with Crippen molar-refractivity contribution in [2.45, 2.75) is 20.3 Å². The van der Waals surface area contributed by atoms with Crippen LogP contribution in [0.1, 0.15) is 16.7 Å². The molecular weight excluding hydrogens is 264 g/mol. The van der Waals surface area contributed by atoms with Crippen LogP contribution in [0.2, 0.25) is 0 Å². The number of rotatable bonds is 4. The van der Waals surface area contributed by atoms with Crippen LogP contribution in [0.3, 0.4) is 0 Å². The SMILES string of the molecule is Cc1ccc(O)c(NC(=O)NCCc2ccccc2C)c1. The van der Waals surface area contributed by atoms with Gasteiger partial charge in [-0.05, 0) is 49.1 Å². The molecule has 0 aromatic heterocycles. The van der Waals surface area contributed by atoms with E-state index >= 15 is 0 Å². The first-order valence-corrected chi connectivity index (χ1v) is 6.95. The molecule has 0 radical (unpaired) electrons. The third-order valence-corrected chi connectivity index (χ3v) is 3.34. The number of hydrogen-bond acceptors (Lipinski definition) is 2. The van der Waals surface area contributed by atoms with Crippen LogP contribution in [-0.4, -0.2) is 17.7 Å². The minimum absolute atomic E-state index is 0.0645. The summed E-state index contributed by atoms with van der Waals surface area (Å²) in [5, 5.41) is 15.1. The highest BCUT2D eigenvalue weighted by Crippen LogP contribution is 2.23. The Kier molecular flexibility index (Phi) is 4.82. The lowest BCUT2D eigenvalue weighted by molar-refractivity contribution is 0.252. The van der Waals surface area contributed by atoms with Crippen LogP contribution < -0.4 is 10.6 Å². The third-order valence-electron chi connectivity index (χ3n) is 3.34. The smallest absolute Gasteiger partial charge is 0.319 e. The van der Waals surface area contributed by atoms with Gasteiger partial charge in [-0.2, -0.15) is 0 Å². The zero-order chi connectivity index (χ0) is 15.2. The molecule has 0 aliphatic heterocycles. The molecule has 0 fully saturated rings. The number of urea groups is 1. The fraction of sp³-hybridized carbons (Fsp3) is 0.235. The summed E-state index contributed by atoms with van der Waals surface area (Å²) in [7, 11) is 0. The number of carbonyl (C=O) groups is 1. The van der Waals surface area contributed by atoms with Crippen LogP contribution in [0.15, 0.2) is 42.5 Å². The lowest BCUT2D eigenvalue weighted by atomic mass is 10.1. The number of hydrogen-bond donors (Lipinski definition) is 3. The van der Waals surface area contributed by atoms with Gasteiger partial charge in [-0.25, -0.2) is 4.79 Å². The predicted molar refractivity (Wildman–Crippen MR) is 84.7 cm³/mol. The van der Waals surface area contributed by atoms with Gasteiger partial charge in [-0.15, -0.1) is 0 Å². The summed E-state index contributed by atoms with van der Waals surface area (Å²) in [5.74, 6) is 0.0645. The van der Waals surface area contributed by atoms with Gasteiger partial charge < -0.3 is 15.7 Å². The Bertz CT molecular complexity index is 638. The fourth-order valence-electron chi connectivity index (χ4n) is 2.12. The van der Waals surface area contributed by atoms with E-state index in [-0.39, 0.29) is 11.8 Å². The molecule has 2 aromatic rings. The summed E-state index contributed by atoms with van der Waals surface area (Å²) in [6.07, 6.45) is 0.778. The standard InChI is InChI=1S/C17H20N2O2/c1-12-7-8-16(20)15(11-12)19-17(21)18-10-9-14-6-4-3-5-13(14)2/h3-8,11,20H,9-10H2,1-2H3,(H2,18,19,21). The largest absolute Gasteiger partial charge is 0.506 e. The summed E-state index contributed by atoms with van der Waals surface area (Å²) in [5.41, 5.74) is 3.83. The van der Waals surface area contributed by atoms with Crippen molar-refractivity contribution in [2.24, 2.45) is 0 Å². The number of amides is 2. The Morgan fingerprint density at radius 1 is 1.14 bits per heavy atom. The molecule has 0 spiro atoms. The molecule has 0 saturated carbocycles. The number of carbonyl (C=O) groups excluding carboxylic acids is 1. The maximum atomic E-state index is 11.8. The summed E-state index contributed by atoms with van der Waals surface area (Å²) < 4.78 is 0. The van der Waals surface area contributed by atoms with E-state index in [1.807, 2.05) is 19.1 Å². The van der Waals surface area contributed by atoms with E-state index in [0.717, 1.165) is 12.0 Å². The minimum atomic E-state index is -0.315. The van der Waals surface area contributed by atoms with Crippen LogP contribution in [0, 0.1) is 13.8 Å². The fourth-order valence-corrected chi connectivity index (χ4v) is 2.12. The lowest BCUT2D eigenvalue weighted by Gasteiger charge is -2.10. The van der Waals surface area contributed by atoms with Crippen molar-refractivity contribution in [1.82, 2.24) is 5.32 Å². The molecule has 0 aliphatic carbocycles. The van der Waals surface area contributed by atoms with Gasteiger partial charge in [0.15, 0.2) is 0 Å². The van der Waals surface area contributed by atoms with Crippen molar-refractivity contribution in [1.29, 1.82) is 0 Å². The Hall–Kier alpha value is -2.49. The molecule has 4 heteroatoms. The molecule has 0 heterocycles. The number of aryl methyl sites for hydroxylation is 2. The molecule has 4 nitrogen and oxygen atoms in total. The van der Waals surface area contributed by atoms with Gasteiger partial charge in [0.25, 0.3) is 0 Å². The molecule has 21 heavy (non-hydrogen) atoms. The van der Waals surface area contributed by atoms with E-state index in [1.165, 1.54) is 11.1 Å². The van der Waals surface area contributed by atoms with E-state index in [1.54, 1.807) is 18.2 Å². The third kappa shape index (κ3) is 4.24. The van der Waals surface area contributed by atoms with Gasteiger partial charge in [-0.3, -0.25) is 0 Å². The zero-order valence-electron chi connectivity index (χ0n) is 12.3. The quantitative estimate of drug-likeness (QED) is 0.754. The second kappa shape index (κ2) is 6.79. The minimum Gasteiger partial charge on any atom is -0.506 e. The van der Waals surface area contributed by atoms with E-state index in [2.05, 4.69) is 29.7 Å². The highest BCUT2D eigenvalue weighted by atomic mass is 16.3. The highest BCUT2D eigenvalue weighted by molar-refractivity contribution is 5.90. The van der Waals surface area contributed by atoms with Gasteiger partial charge in [-0.1, -0.05) is 30.3 Å². The summed E-state index contributed by atoms with van der Waals surface area (Å²) in [6, 6.07) is 12.9. The molecule has 0 unspecified atom stereocenters. The summed E-state index contributed by atoms with van der Waals surface area (Å²) >= 11 is 0. The van der Waals surface area contributed by atoms with Gasteiger partial charge in [0.2, 0.25) is 0 Å². The normalized spacial score (nSPS) is 10.2. The molecular formula is C17H20N2O2. The van der Waals surface area contributed by atoms with Crippen molar-refractivity contribution in [3.8, 4) is 5.75 Å². The van der Waals surface area contributed by atoms with Crippen molar-refractivity contribution < 1.29 is 9.90 Å². The van der Waals surface area contributed by atoms with Gasteiger partial charge in [0, 0.05) is 6.54 Å². The first-order valence-electron chi connectivity index (χ1n) is 6.95. The van der Waals surface area contributed by atoms with E-state index in [9.17, 15) is 9.90 Å². The molecule has 2 aromatic carbocycles. The highest BCUT2D eigenvalue weighted by Gasteiger charge is 2.06. The Morgan fingerprint density at radius 3 is 2.67 bits per heavy atom. The average Bonchev–Trinajstić information content (AvgIpc) is 2.45. The number of phenolic OH excluding ortho intramolecular Hbond substituents is 1. The van der Waals surface area contributed by atoms with E-state index < -0.39 is 0 Å². The molecule has 0 aliphatic rings. The maximum Gasteiger partial charge on any atom is 0.319 e. The van der Waals surface area contributed by atoms with Crippen LogP contribution in [0.25, 0.3) is 0 Å². The van der Waals surface area contributed by atoms with Gasteiger partial charge >= 0.3 is 6.03 Å². The van der Waals surface area contributed by atoms with Crippen molar-refractivity contribution in [2.75, 3.05) is 11.9 Å². The number of aromatic hydroxyl groups is 1. The second-order valence-corrected chi connectivity index (χ2v) is 5.08. The molecule has 0 bridgehead atoms. The molecule has 3 N–H and O–H groups in total. The topological polar surface area (TPSA) is 61.4 Å². The molecule has 0 atom stereocenters. The van der Waals surface area contributed by atoms with E-state index in [0.29, 0.717) is 12.2 Å². The van der Waals surface area contributed by atoms with Crippen molar-refractivity contribution >= 4 is 11.7 Å². The van der Waals surface area contributed by atoms with Crippen LogP contribution in [0.5, 0.6) is 5.75 Å². The second-order valence-electron chi connectivity index (χ2n) is 5.08. The van der Waals surface area contributed by atoms with Gasteiger partial charge in [0.05, 0.1) is 5.69 Å². The van der Waals surface area contributed by atoms with Crippen LogP contribution in [0.4, 0.5) is 10.5 Å². The van der Waals surface area contributed by atoms with Crippen LogP contribution >= 0.6 is 0 Å². The predicted octanol–water partition coefficient (Wildman–Crippen LogP) is 3.37. The average molecular weight is 284 g/mol. The van der Waals surface area contributed by atoms with Crippen LogP contribution in [-0.2, 0) is 6.42 Å². The molecule has 2 rings (SSSR count). The number of anilines is 1. The van der Waals surface area contributed by atoms with Gasteiger partial charge in [0.1, 0.15) is 5.75 Å². The summed E-state index contributed by atoms with van der Waals surface area (Å²) in [6.45, 7) is 4.50. The Morgan fingerprint density at radius 2 is 1.90 bits per heavy atom. The van der Waals surface area contributed by atoms with Crippen molar-refractivity contribution in [3.63, 3.8) is 0 Å². The maximum absolute atomic E-state index is 11.8. The Balaban J connectivity index is 1.85. The first kappa shape index (κ1) is 14.9. The zero-order valence-corrected chi connectivity index (χ0v) is 12.3. The van der Waals surface area contributed by atoms with E-state index in [4.69, 9.17) is 0 Å². The lowest BCUT2D eigenvalue weighted by Crippen LogP contribution is -2.30. The number of nitrogens with one attached hydrogen (secondary N) is 2. The monoisotopic (exact) mass is 284 g/mol. The number of benzene rings is 2. The summed E-state index contributed by atoms with van der Waals surface area (Å²) in [4.78, 5) is 11.8. The number of phenols is 1. The first-order chi connectivity index (χ1) is 10.1. The van der Waals surface area contributed by atoms with Crippen molar-refractivity contribution in [3.05, 3.63) is 59.2 Å². The molecule has 0 saturated heterocycles.